The van der Waals surface area contributed by atoms with E-state index in [1.54, 1.807) is 0 Å². The Labute approximate surface area is 111 Å². The maximum atomic E-state index is 12.6. The quantitative estimate of drug-likeness (QED) is 0.551. The topological polar surface area (TPSA) is 83.3 Å². The molecule has 0 radical (unpaired) electrons. The molecular weight excluding hydrogens is 273 g/mol. The normalized spacial score (nSPS) is 12.7. The van der Waals surface area contributed by atoms with Crippen LogP contribution in [0.2, 0.25) is 0 Å². The molecule has 2 aromatic rings. The highest BCUT2D eigenvalue weighted by molar-refractivity contribution is 6.06. The predicted octanol–water partition coefficient (Wildman–Crippen LogP) is 1.86. The van der Waals surface area contributed by atoms with Gasteiger partial charge in [0, 0.05) is 18.0 Å². The monoisotopic (exact) mass is 284 g/mol. The van der Waals surface area contributed by atoms with E-state index in [0.29, 0.717) is 5.52 Å². The molecule has 8 heteroatoms. The molecule has 0 atom stereocenters. The van der Waals surface area contributed by atoms with Crippen LogP contribution in [-0.4, -0.2) is 23.9 Å². The summed E-state index contributed by atoms with van der Waals surface area (Å²) in [5, 5.41) is 2.58. The van der Waals surface area contributed by atoms with Gasteiger partial charge in [0.15, 0.2) is 5.96 Å². The van der Waals surface area contributed by atoms with E-state index in [9.17, 15) is 18.0 Å². The Morgan fingerprint density at radius 2 is 2.05 bits per heavy atom. The molecule has 1 amide bonds. The minimum absolute atomic E-state index is 0.0790. The lowest BCUT2D eigenvalue weighted by molar-refractivity contribution is -0.137. The van der Waals surface area contributed by atoms with Crippen LogP contribution in [0.4, 0.5) is 13.2 Å². The zero-order valence-corrected chi connectivity index (χ0v) is 10.4. The SMILES string of the molecule is CN=C(N)NC(=O)c1cc2cc(C(F)(F)F)ccc2[nH]1. The van der Waals surface area contributed by atoms with E-state index in [2.05, 4.69) is 15.3 Å². The van der Waals surface area contributed by atoms with Gasteiger partial charge >= 0.3 is 6.18 Å². The average molecular weight is 284 g/mol. The third-order valence-electron chi connectivity index (χ3n) is 2.68. The number of guanidine groups is 1. The number of hydrogen-bond donors (Lipinski definition) is 3. The number of amides is 1. The van der Waals surface area contributed by atoms with Crippen LogP contribution in [0.1, 0.15) is 16.1 Å². The number of fused-ring (bicyclic) bond motifs is 1. The minimum Gasteiger partial charge on any atom is -0.370 e. The molecule has 1 aromatic carbocycles. The van der Waals surface area contributed by atoms with Crippen molar-refractivity contribution in [2.24, 2.45) is 10.7 Å². The van der Waals surface area contributed by atoms with E-state index < -0.39 is 17.6 Å². The molecule has 1 aromatic heterocycles. The fourth-order valence-corrected chi connectivity index (χ4v) is 1.67. The lowest BCUT2D eigenvalue weighted by atomic mass is 10.1. The van der Waals surface area contributed by atoms with Crippen molar-refractivity contribution in [3.05, 3.63) is 35.5 Å². The highest BCUT2D eigenvalue weighted by Crippen LogP contribution is 2.31. The lowest BCUT2D eigenvalue weighted by Gasteiger charge is -2.05. The third kappa shape index (κ3) is 2.73. The molecule has 0 bridgehead atoms. The number of H-pyrrole nitrogens is 1. The van der Waals surface area contributed by atoms with Crippen molar-refractivity contribution in [2.75, 3.05) is 7.05 Å². The molecule has 4 N–H and O–H groups in total. The Morgan fingerprint density at radius 1 is 1.35 bits per heavy atom. The molecule has 0 aliphatic rings. The van der Waals surface area contributed by atoms with Gasteiger partial charge in [0.05, 0.1) is 5.56 Å². The average Bonchev–Trinajstić information content (AvgIpc) is 2.80. The first-order valence-electron chi connectivity index (χ1n) is 5.55. The van der Waals surface area contributed by atoms with E-state index in [0.717, 1.165) is 12.1 Å². The molecule has 1 heterocycles. The van der Waals surface area contributed by atoms with Crippen molar-refractivity contribution in [1.29, 1.82) is 0 Å². The number of aliphatic imine (C=N–C) groups is 1. The summed E-state index contributed by atoms with van der Waals surface area (Å²) in [7, 11) is 1.40. The van der Waals surface area contributed by atoms with Gasteiger partial charge in [-0.05, 0) is 24.3 Å². The van der Waals surface area contributed by atoms with Crippen molar-refractivity contribution in [1.82, 2.24) is 10.3 Å². The van der Waals surface area contributed by atoms with Gasteiger partial charge in [-0.15, -0.1) is 0 Å². The van der Waals surface area contributed by atoms with Gasteiger partial charge < -0.3 is 10.7 Å². The number of nitrogens with zero attached hydrogens (tertiary/aromatic N) is 1. The van der Waals surface area contributed by atoms with Gasteiger partial charge in [0.2, 0.25) is 0 Å². The van der Waals surface area contributed by atoms with Crippen LogP contribution in [0.5, 0.6) is 0 Å². The van der Waals surface area contributed by atoms with Gasteiger partial charge in [-0.25, -0.2) is 0 Å². The summed E-state index contributed by atoms with van der Waals surface area (Å²) < 4.78 is 37.7. The molecule has 0 fully saturated rings. The molecule has 0 saturated heterocycles. The first-order valence-corrected chi connectivity index (χ1v) is 5.55. The summed E-state index contributed by atoms with van der Waals surface area (Å²) in [5.74, 6) is -0.650. The zero-order chi connectivity index (χ0) is 14.9. The second kappa shape index (κ2) is 4.87. The van der Waals surface area contributed by atoms with Crippen molar-refractivity contribution in [2.45, 2.75) is 6.18 Å². The van der Waals surface area contributed by atoms with Crippen LogP contribution in [0.15, 0.2) is 29.3 Å². The van der Waals surface area contributed by atoms with E-state index >= 15 is 0 Å². The number of halogens is 3. The van der Waals surface area contributed by atoms with Crippen LogP contribution in [0.3, 0.4) is 0 Å². The molecule has 106 valence electrons. The van der Waals surface area contributed by atoms with Crippen molar-refractivity contribution in [3.8, 4) is 0 Å². The van der Waals surface area contributed by atoms with Crippen LogP contribution in [0.25, 0.3) is 10.9 Å². The maximum Gasteiger partial charge on any atom is 0.416 e. The van der Waals surface area contributed by atoms with E-state index in [-0.39, 0.29) is 17.0 Å². The van der Waals surface area contributed by atoms with Crippen LogP contribution < -0.4 is 11.1 Å². The number of aromatic nitrogens is 1. The summed E-state index contributed by atoms with van der Waals surface area (Å²) in [6.45, 7) is 0. The summed E-state index contributed by atoms with van der Waals surface area (Å²) in [6.07, 6.45) is -4.42. The number of nitrogens with two attached hydrogens (primary N) is 1. The number of aromatic amines is 1. The lowest BCUT2D eigenvalue weighted by Crippen LogP contribution is -2.36. The third-order valence-corrected chi connectivity index (χ3v) is 2.68. The number of hydrogen-bond acceptors (Lipinski definition) is 2. The van der Waals surface area contributed by atoms with Gasteiger partial charge in [0.1, 0.15) is 5.69 Å². The fraction of sp³-hybridized carbons (Fsp3) is 0.167. The molecule has 5 nitrogen and oxygen atoms in total. The van der Waals surface area contributed by atoms with E-state index in [1.165, 1.54) is 19.2 Å². The first kappa shape index (κ1) is 13.9. The molecule has 20 heavy (non-hydrogen) atoms. The summed E-state index contributed by atoms with van der Waals surface area (Å²) >= 11 is 0. The second-order valence-corrected chi connectivity index (χ2v) is 4.05. The number of carbonyl (C=O) groups excluding carboxylic acids is 1. The largest absolute Gasteiger partial charge is 0.416 e. The molecule has 0 aliphatic heterocycles. The highest BCUT2D eigenvalue weighted by Gasteiger charge is 2.30. The number of alkyl halides is 3. The van der Waals surface area contributed by atoms with Crippen LogP contribution >= 0.6 is 0 Å². The molecule has 0 spiro atoms. The molecular formula is C12H11F3N4O. The fourth-order valence-electron chi connectivity index (χ4n) is 1.67. The van der Waals surface area contributed by atoms with Gasteiger partial charge in [0.25, 0.3) is 5.91 Å². The highest BCUT2D eigenvalue weighted by atomic mass is 19.4. The Bertz CT molecular complexity index is 688. The molecule has 2 rings (SSSR count). The van der Waals surface area contributed by atoms with Gasteiger partial charge in [-0.1, -0.05) is 0 Å². The molecule has 0 saturated carbocycles. The molecule has 0 unspecified atom stereocenters. The van der Waals surface area contributed by atoms with Crippen molar-refractivity contribution in [3.63, 3.8) is 0 Å². The number of rotatable bonds is 1. The first-order chi connectivity index (χ1) is 9.31. The Hall–Kier alpha value is -2.51. The van der Waals surface area contributed by atoms with Gasteiger partial charge in [-0.3, -0.25) is 15.1 Å². The van der Waals surface area contributed by atoms with Crippen LogP contribution in [-0.2, 0) is 6.18 Å². The number of carbonyl (C=O) groups is 1. The standard InChI is InChI=1S/C12H11F3N4O/c1-17-11(16)19-10(20)9-5-6-4-7(12(13,14)15)2-3-8(6)18-9/h2-5,18H,1H3,(H3,16,17,19,20). The predicted molar refractivity (Wildman–Crippen MR) is 68.3 cm³/mol. The Kier molecular flexibility index (Phi) is 3.39. The van der Waals surface area contributed by atoms with Gasteiger partial charge in [-0.2, -0.15) is 13.2 Å². The smallest absolute Gasteiger partial charge is 0.370 e. The Balaban J connectivity index is 2.37. The van der Waals surface area contributed by atoms with E-state index in [4.69, 9.17) is 5.73 Å². The summed E-state index contributed by atoms with van der Waals surface area (Å²) in [5.41, 5.74) is 5.10. The van der Waals surface area contributed by atoms with Crippen molar-refractivity contribution >= 4 is 22.8 Å². The number of nitrogens with one attached hydrogen (secondary N) is 2. The molecule has 0 aliphatic carbocycles. The summed E-state index contributed by atoms with van der Waals surface area (Å²) in [4.78, 5) is 18.0. The van der Waals surface area contributed by atoms with Crippen molar-refractivity contribution < 1.29 is 18.0 Å². The second-order valence-electron chi connectivity index (χ2n) is 4.05. The van der Waals surface area contributed by atoms with Crippen LogP contribution in [0, 0.1) is 0 Å². The van der Waals surface area contributed by atoms with E-state index in [1.807, 2.05) is 0 Å². The number of benzene rings is 1. The summed E-state index contributed by atoms with van der Waals surface area (Å²) in [6, 6.07) is 4.51. The maximum absolute atomic E-state index is 12.6. The zero-order valence-electron chi connectivity index (χ0n) is 10.4. The Morgan fingerprint density at radius 3 is 2.65 bits per heavy atom. The minimum atomic E-state index is -4.42.